The Morgan fingerprint density at radius 3 is 2.44 bits per heavy atom. The molecule has 1 aliphatic heterocycles. The van der Waals surface area contributed by atoms with Crippen LogP contribution in [0, 0.1) is 11.6 Å². The minimum Gasteiger partial charge on any atom is -0.310 e. The molecular weight excluding hydrogens is 348 g/mol. The highest BCUT2D eigenvalue weighted by Crippen LogP contribution is 2.36. The number of anilines is 1. The van der Waals surface area contributed by atoms with Crippen molar-refractivity contribution in [3.8, 4) is 0 Å². The number of carbonyl (C=O) groups excluding carboxylic acids is 1. The average molecular weight is 367 g/mol. The topological polar surface area (TPSA) is 54.5 Å². The van der Waals surface area contributed by atoms with E-state index in [4.69, 9.17) is 0 Å². The molecule has 3 rings (SSSR count). The summed E-state index contributed by atoms with van der Waals surface area (Å²) < 4.78 is 53.2. The molecule has 2 aliphatic rings. The third-order valence-corrected chi connectivity index (χ3v) is 5.66. The van der Waals surface area contributed by atoms with Crippen LogP contribution in [0.2, 0.25) is 0 Å². The Morgan fingerprint density at radius 1 is 1.04 bits per heavy atom. The monoisotopic (exact) mass is 367 g/mol. The van der Waals surface area contributed by atoms with Gasteiger partial charge in [-0.25, -0.2) is 17.2 Å². The molecule has 0 spiro atoms. The summed E-state index contributed by atoms with van der Waals surface area (Å²) in [5.74, 6) is -2.48. The molecule has 4 nitrogen and oxygen atoms in total. The SMILES string of the molecule is CS(=O)(=O)C1=CCCC=C1c1ccc(N2CCCCC2=O)c(F)c1F. The fourth-order valence-corrected chi connectivity index (χ4v) is 4.28. The summed E-state index contributed by atoms with van der Waals surface area (Å²) in [4.78, 5) is 13.2. The van der Waals surface area contributed by atoms with E-state index in [1.54, 1.807) is 6.08 Å². The van der Waals surface area contributed by atoms with E-state index in [0.717, 1.165) is 19.1 Å². The second-order valence-corrected chi connectivity index (χ2v) is 8.28. The van der Waals surface area contributed by atoms with Crippen molar-refractivity contribution in [1.29, 1.82) is 0 Å². The van der Waals surface area contributed by atoms with E-state index in [1.165, 1.54) is 23.1 Å². The number of carbonyl (C=O) groups is 1. The minimum atomic E-state index is -3.55. The van der Waals surface area contributed by atoms with Crippen molar-refractivity contribution in [3.63, 3.8) is 0 Å². The van der Waals surface area contributed by atoms with E-state index in [2.05, 4.69) is 0 Å². The Hall–Kier alpha value is -2.02. The number of allylic oxidation sites excluding steroid dienone is 3. The first-order valence-corrected chi connectivity index (χ1v) is 10.1. The smallest absolute Gasteiger partial charge is 0.227 e. The number of nitrogens with zero attached hydrogens (tertiary/aromatic N) is 1. The molecule has 1 fully saturated rings. The highest BCUT2D eigenvalue weighted by atomic mass is 32.2. The number of piperidine rings is 1. The molecule has 0 saturated carbocycles. The summed E-state index contributed by atoms with van der Waals surface area (Å²) >= 11 is 0. The van der Waals surface area contributed by atoms with Gasteiger partial charge in [0.1, 0.15) is 0 Å². The maximum absolute atomic E-state index is 14.7. The zero-order valence-electron chi connectivity index (χ0n) is 13.9. The average Bonchev–Trinajstić information content (AvgIpc) is 2.57. The van der Waals surface area contributed by atoms with E-state index >= 15 is 0 Å². The normalized spacial score (nSPS) is 18.8. The van der Waals surface area contributed by atoms with Gasteiger partial charge in [0.15, 0.2) is 21.5 Å². The number of hydrogen-bond donors (Lipinski definition) is 0. The number of amides is 1. The first-order valence-electron chi connectivity index (χ1n) is 8.20. The lowest BCUT2D eigenvalue weighted by atomic mass is 9.97. The van der Waals surface area contributed by atoms with E-state index in [-0.39, 0.29) is 27.6 Å². The Bertz CT molecular complexity index is 888. The molecular formula is C18H19F2NO3S. The summed E-state index contributed by atoms with van der Waals surface area (Å²) in [7, 11) is -3.55. The summed E-state index contributed by atoms with van der Waals surface area (Å²) in [6.07, 6.45) is 7.08. The molecule has 0 bridgehead atoms. The molecule has 1 heterocycles. The molecule has 1 amide bonds. The third kappa shape index (κ3) is 3.38. The fraction of sp³-hybridized carbons (Fsp3) is 0.389. The number of rotatable bonds is 3. The van der Waals surface area contributed by atoms with Crippen LogP contribution in [0.3, 0.4) is 0 Å². The Kier molecular flexibility index (Phi) is 4.77. The number of hydrogen-bond acceptors (Lipinski definition) is 3. The van der Waals surface area contributed by atoms with Crippen LogP contribution < -0.4 is 4.90 Å². The van der Waals surface area contributed by atoms with E-state index in [0.29, 0.717) is 25.8 Å². The summed E-state index contributed by atoms with van der Waals surface area (Å²) in [5, 5.41) is 0. The fourth-order valence-electron chi connectivity index (χ4n) is 3.26. The summed E-state index contributed by atoms with van der Waals surface area (Å²) in [6.45, 7) is 0.353. The minimum absolute atomic E-state index is 0.0128. The van der Waals surface area contributed by atoms with Crippen molar-refractivity contribution in [2.45, 2.75) is 32.1 Å². The zero-order valence-corrected chi connectivity index (χ0v) is 14.7. The lowest BCUT2D eigenvalue weighted by Crippen LogP contribution is -2.36. The van der Waals surface area contributed by atoms with Gasteiger partial charge in [0.2, 0.25) is 5.91 Å². The second kappa shape index (κ2) is 6.71. The Labute approximate surface area is 145 Å². The van der Waals surface area contributed by atoms with Gasteiger partial charge >= 0.3 is 0 Å². The van der Waals surface area contributed by atoms with Crippen LogP contribution in [0.25, 0.3) is 5.57 Å². The molecule has 134 valence electrons. The third-order valence-electron chi connectivity index (χ3n) is 4.48. The summed E-state index contributed by atoms with van der Waals surface area (Å²) in [6, 6.07) is 2.71. The first-order chi connectivity index (χ1) is 11.8. The van der Waals surface area contributed by atoms with Crippen molar-refractivity contribution >= 4 is 27.0 Å². The van der Waals surface area contributed by atoms with Crippen LogP contribution in [0.1, 0.15) is 37.7 Å². The molecule has 25 heavy (non-hydrogen) atoms. The Balaban J connectivity index is 2.05. The van der Waals surface area contributed by atoms with Gasteiger partial charge in [-0.05, 0) is 43.4 Å². The van der Waals surface area contributed by atoms with Crippen molar-refractivity contribution in [2.24, 2.45) is 0 Å². The Morgan fingerprint density at radius 2 is 1.76 bits per heavy atom. The molecule has 0 aromatic heterocycles. The second-order valence-electron chi connectivity index (χ2n) is 6.30. The molecule has 0 radical (unpaired) electrons. The van der Waals surface area contributed by atoms with Crippen LogP contribution in [0.15, 0.2) is 29.2 Å². The predicted octanol–water partition coefficient (Wildman–Crippen LogP) is 3.59. The molecule has 0 N–H and O–H groups in total. The van der Waals surface area contributed by atoms with Crippen LogP contribution in [-0.4, -0.2) is 27.1 Å². The number of benzene rings is 1. The predicted molar refractivity (Wildman–Crippen MR) is 92.7 cm³/mol. The van der Waals surface area contributed by atoms with Crippen molar-refractivity contribution < 1.29 is 22.0 Å². The number of sulfone groups is 1. The van der Waals surface area contributed by atoms with Crippen molar-refractivity contribution in [2.75, 3.05) is 17.7 Å². The van der Waals surface area contributed by atoms with Crippen LogP contribution in [-0.2, 0) is 14.6 Å². The quantitative estimate of drug-likeness (QED) is 0.820. The van der Waals surface area contributed by atoms with Gasteiger partial charge in [-0.15, -0.1) is 0 Å². The first kappa shape index (κ1) is 17.8. The largest absolute Gasteiger partial charge is 0.310 e. The van der Waals surface area contributed by atoms with Crippen LogP contribution in [0.5, 0.6) is 0 Å². The lowest BCUT2D eigenvalue weighted by Gasteiger charge is -2.27. The van der Waals surface area contributed by atoms with Crippen LogP contribution >= 0.6 is 0 Å². The highest BCUT2D eigenvalue weighted by molar-refractivity contribution is 7.95. The molecule has 1 saturated heterocycles. The van der Waals surface area contributed by atoms with Gasteiger partial charge in [-0.2, -0.15) is 0 Å². The van der Waals surface area contributed by atoms with E-state index in [1.807, 2.05) is 0 Å². The van der Waals surface area contributed by atoms with Gasteiger partial charge in [0, 0.05) is 24.8 Å². The number of halogens is 2. The van der Waals surface area contributed by atoms with Gasteiger partial charge in [0.05, 0.1) is 10.6 Å². The molecule has 1 aromatic carbocycles. The molecule has 7 heteroatoms. The molecule has 0 atom stereocenters. The zero-order chi connectivity index (χ0) is 18.2. The van der Waals surface area contributed by atoms with E-state index < -0.39 is 21.5 Å². The van der Waals surface area contributed by atoms with E-state index in [9.17, 15) is 22.0 Å². The van der Waals surface area contributed by atoms with Crippen molar-refractivity contribution in [3.05, 3.63) is 46.4 Å². The molecule has 0 unspecified atom stereocenters. The van der Waals surface area contributed by atoms with Gasteiger partial charge in [-0.1, -0.05) is 12.2 Å². The molecule has 1 aromatic rings. The maximum atomic E-state index is 14.7. The highest BCUT2D eigenvalue weighted by Gasteiger charge is 2.28. The van der Waals surface area contributed by atoms with Gasteiger partial charge in [-0.3, -0.25) is 4.79 Å². The standard InChI is InChI=1S/C18H19F2NO3S/c1-25(23,24)15-7-3-2-6-12(15)13-9-10-14(18(20)17(13)19)21-11-5-4-8-16(21)22/h6-7,9-10H,2-5,8,11H2,1H3. The maximum Gasteiger partial charge on any atom is 0.227 e. The molecule has 1 aliphatic carbocycles. The summed E-state index contributed by atoms with van der Waals surface area (Å²) in [5.41, 5.74) is -0.00370. The van der Waals surface area contributed by atoms with Crippen LogP contribution in [0.4, 0.5) is 14.5 Å². The van der Waals surface area contributed by atoms with Gasteiger partial charge < -0.3 is 4.90 Å². The lowest BCUT2D eigenvalue weighted by molar-refractivity contribution is -0.119. The van der Waals surface area contributed by atoms with Gasteiger partial charge in [0.25, 0.3) is 0 Å². The van der Waals surface area contributed by atoms with Crippen molar-refractivity contribution in [1.82, 2.24) is 0 Å².